The van der Waals surface area contributed by atoms with Crippen LogP contribution in [0.25, 0.3) is 22.9 Å². The SMILES string of the molecule is CN(CCS(=O)(=O)O)c1nc(-c2cc(-c3ccon3)n(Cc3ccccc3F)n2)ncc1F. The summed E-state index contributed by atoms with van der Waals surface area (Å²) in [5, 5.41) is 8.36. The molecule has 0 saturated carbocycles. The number of hydrogen-bond donors (Lipinski definition) is 1. The van der Waals surface area contributed by atoms with Gasteiger partial charge >= 0.3 is 0 Å². The predicted molar refractivity (Wildman–Crippen MR) is 114 cm³/mol. The monoisotopic (exact) mass is 476 g/mol. The van der Waals surface area contributed by atoms with Crippen LogP contribution in [0.15, 0.2) is 53.4 Å². The Hall–Kier alpha value is -3.71. The van der Waals surface area contributed by atoms with Crippen molar-refractivity contribution in [3.8, 4) is 22.9 Å². The number of anilines is 1. The fourth-order valence-electron chi connectivity index (χ4n) is 3.09. The summed E-state index contributed by atoms with van der Waals surface area (Å²) in [6.07, 6.45) is 2.32. The summed E-state index contributed by atoms with van der Waals surface area (Å²) in [6, 6.07) is 9.47. The molecular weight excluding hydrogens is 458 g/mol. The number of hydrogen-bond acceptors (Lipinski definition) is 8. The van der Waals surface area contributed by atoms with Crippen molar-refractivity contribution < 1.29 is 26.3 Å². The lowest BCUT2D eigenvalue weighted by atomic mass is 10.2. The normalized spacial score (nSPS) is 11.6. The third-order valence-corrected chi connectivity index (χ3v) is 5.46. The van der Waals surface area contributed by atoms with Crippen molar-refractivity contribution in [2.75, 3.05) is 24.2 Å². The van der Waals surface area contributed by atoms with Crippen LogP contribution in [0.4, 0.5) is 14.6 Å². The van der Waals surface area contributed by atoms with E-state index >= 15 is 0 Å². The maximum atomic E-state index is 14.3. The third kappa shape index (κ3) is 5.21. The molecule has 0 fully saturated rings. The molecule has 1 N–H and O–H groups in total. The van der Waals surface area contributed by atoms with Crippen molar-refractivity contribution in [3.63, 3.8) is 0 Å². The molecule has 4 rings (SSSR count). The van der Waals surface area contributed by atoms with Crippen LogP contribution >= 0.6 is 0 Å². The van der Waals surface area contributed by atoms with Crippen molar-refractivity contribution in [1.29, 1.82) is 0 Å². The van der Waals surface area contributed by atoms with Gasteiger partial charge in [0.1, 0.15) is 23.5 Å². The maximum Gasteiger partial charge on any atom is 0.266 e. The Kier molecular flexibility index (Phi) is 6.16. The Morgan fingerprint density at radius 3 is 2.64 bits per heavy atom. The number of halogens is 2. The molecule has 0 atom stereocenters. The summed E-state index contributed by atoms with van der Waals surface area (Å²) in [5.74, 6) is -1.89. The molecule has 3 heterocycles. The molecule has 0 saturated heterocycles. The van der Waals surface area contributed by atoms with Crippen molar-refractivity contribution in [3.05, 3.63) is 66.1 Å². The largest absolute Gasteiger partial charge is 0.364 e. The quantitative estimate of drug-likeness (QED) is 0.382. The fraction of sp³-hybridized carbons (Fsp3) is 0.200. The molecule has 0 aliphatic rings. The van der Waals surface area contributed by atoms with Crippen molar-refractivity contribution in [2.45, 2.75) is 6.54 Å². The standard InChI is InChI=1S/C20H18F2N6O4S/c1-27(7-9-33(29,30)31)20-15(22)11-23-19(24-20)17-10-18(16-6-8-32-26-16)28(25-17)12-13-4-2-3-5-14(13)21/h2-6,8,10-11H,7,9,12H2,1H3,(H,29,30,31). The van der Waals surface area contributed by atoms with Crippen LogP contribution in [0.1, 0.15) is 5.56 Å². The molecule has 0 bridgehead atoms. The third-order valence-electron chi connectivity index (χ3n) is 4.76. The van der Waals surface area contributed by atoms with Crippen LogP contribution in [-0.2, 0) is 16.7 Å². The van der Waals surface area contributed by atoms with Gasteiger partial charge in [-0.1, -0.05) is 23.4 Å². The lowest BCUT2D eigenvalue weighted by Gasteiger charge is -2.17. The molecule has 0 spiro atoms. The van der Waals surface area contributed by atoms with Gasteiger partial charge in [-0.3, -0.25) is 9.23 Å². The number of aromatic nitrogens is 5. The Morgan fingerprint density at radius 1 is 1.15 bits per heavy atom. The highest BCUT2D eigenvalue weighted by Gasteiger charge is 2.20. The summed E-state index contributed by atoms with van der Waals surface area (Å²) < 4.78 is 65.9. The molecule has 4 aromatic rings. The zero-order valence-corrected chi connectivity index (χ0v) is 18.1. The summed E-state index contributed by atoms with van der Waals surface area (Å²) in [7, 11) is -2.80. The van der Waals surface area contributed by atoms with E-state index in [-0.39, 0.29) is 30.4 Å². The van der Waals surface area contributed by atoms with Crippen LogP contribution in [0.2, 0.25) is 0 Å². The van der Waals surface area contributed by atoms with Gasteiger partial charge < -0.3 is 9.42 Å². The highest BCUT2D eigenvalue weighted by Crippen LogP contribution is 2.26. The average Bonchev–Trinajstić information content (AvgIpc) is 3.43. The van der Waals surface area contributed by atoms with Gasteiger partial charge in [0.2, 0.25) is 0 Å². The van der Waals surface area contributed by atoms with Crippen molar-refractivity contribution >= 4 is 15.9 Å². The molecule has 1 aromatic carbocycles. The van der Waals surface area contributed by atoms with E-state index in [0.29, 0.717) is 17.0 Å². The van der Waals surface area contributed by atoms with E-state index in [1.807, 2.05) is 0 Å². The van der Waals surface area contributed by atoms with E-state index in [9.17, 15) is 17.2 Å². The van der Waals surface area contributed by atoms with E-state index in [1.165, 1.54) is 29.0 Å². The first-order chi connectivity index (χ1) is 15.7. The number of rotatable bonds is 8. The first-order valence-corrected chi connectivity index (χ1v) is 11.2. The molecule has 0 radical (unpaired) electrons. The van der Waals surface area contributed by atoms with Gasteiger partial charge in [0.05, 0.1) is 24.2 Å². The van der Waals surface area contributed by atoms with E-state index < -0.39 is 27.5 Å². The van der Waals surface area contributed by atoms with Gasteiger partial charge in [0.15, 0.2) is 17.5 Å². The van der Waals surface area contributed by atoms with Gasteiger partial charge in [0.25, 0.3) is 10.1 Å². The minimum absolute atomic E-state index is 0.0575. The Morgan fingerprint density at radius 2 is 1.94 bits per heavy atom. The van der Waals surface area contributed by atoms with Gasteiger partial charge in [-0.05, 0) is 12.1 Å². The van der Waals surface area contributed by atoms with Crippen molar-refractivity contribution in [2.24, 2.45) is 0 Å². The molecule has 172 valence electrons. The van der Waals surface area contributed by atoms with E-state index in [0.717, 1.165) is 6.20 Å². The Bertz CT molecular complexity index is 1380. The van der Waals surface area contributed by atoms with Crippen molar-refractivity contribution in [1.82, 2.24) is 24.9 Å². The molecule has 0 unspecified atom stereocenters. The maximum absolute atomic E-state index is 14.3. The second kappa shape index (κ2) is 9.03. The first-order valence-electron chi connectivity index (χ1n) is 9.62. The summed E-state index contributed by atoms with van der Waals surface area (Å²) >= 11 is 0. The fourth-order valence-corrected chi connectivity index (χ4v) is 3.60. The minimum Gasteiger partial charge on any atom is -0.364 e. The zero-order chi connectivity index (χ0) is 23.6. The van der Waals surface area contributed by atoms with Crippen LogP contribution in [0, 0.1) is 11.6 Å². The second-order valence-electron chi connectivity index (χ2n) is 7.12. The summed E-state index contributed by atoms with van der Waals surface area (Å²) in [6.45, 7) is -0.116. The van der Waals surface area contributed by atoms with E-state index in [2.05, 4.69) is 20.2 Å². The lowest BCUT2D eigenvalue weighted by Crippen LogP contribution is -2.27. The van der Waals surface area contributed by atoms with Gasteiger partial charge in [-0.25, -0.2) is 18.7 Å². The van der Waals surface area contributed by atoms with E-state index in [4.69, 9.17) is 9.08 Å². The Balaban J connectivity index is 1.71. The van der Waals surface area contributed by atoms with Crippen LogP contribution in [0.5, 0.6) is 0 Å². The highest BCUT2D eigenvalue weighted by molar-refractivity contribution is 7.85. The minimum atomic E-state index is -4.23. The molecule has 33 heavy (non-hydrogen) atoms. The van der Waals surface area contributed by atoms with Crippen LogP contribution < -0.4 is 4.90 Å². The molecule has 0 aliphatic carbocycles. The number of benzene rings is 1. The predicted octanol–water partition coefficient (Wildman–Crippen LogP) is 2.65. The average molecular weight is 476 g/mol. The molecular formula is C20H18F2N6O4S. The van der Waals surface area contributed by atoms with Gasteiger partial charge in [-0.15, -0.1) is 0 Å². The van der Waals surface area contributed by atoms with Crippen LogP contribution in [0.3, 0.4) is 0 Å². The highest BCUT2D eigenvalue weighted by atomic mass is 32.2. The molecule has 0 amide bonds. The smallest absolute Gasteiger partial charge is 0.266 e. The molecule has 13 heteroatoms. The lowest BCUT2D eigenvalue weighted by molar-refractivity contribution is 0.421. The van der Waals surface area contributed by atoms with Gasteiger partial charge in [0, 0.05) is 25.2 Å². The van der Waals surface area contributed by atoms with E-state index in [1.54, 1.807) is 30.3 Å². The molecule has 3 aromatic heterocycles. The first kappa shape index (κ1) is 22.5. The number of nitrogens with zero attached hydrogens (tertiary/aromatic N) is 6. The topological polar surface area (TPSA) is 127 Å². The summed E-state index contributed by atoms with van der Waals surface area (Å²) in [4.78, 5) is 9.40. The van der Waals surface area contributed by atoms with Gasteiger partial charge in [-0.2, -0.15) is 13.5 Å². The zero-order valence-electron chi connectivity index (χ0n) is 17.3. The van der Waals surface area contributed by atoms with Crippen LogP contribution in [-0.4, -0.2) is 57.2 Å². The second-order valence-corrected chi connectivity index (χ2v) is 8.69. The summed E-state index contributed by atoms with van der Waals surface area (Å²) in [5.41, 5.74) is 1.59. The molecule has 10 nitrogen and oxygen atoms in total. The molecule has 0 aliphatic heterocycles. The Labute approximate surface area is 187 Å².